The van der Waals surface area contributed by atoms with E-state index in [1.54, 1.807) is 0 Å². The van der Waals surface area contributed by atoms with Gasteiger partial charge in [0.15, 0.2) is 17.7 Å². The average Bonchev–Trinajstić information content (AvgIpc) is 2.55. The molecule has 0 fully saturated rings. The predicted molar refractivity (Wildman–Crippen MR) is 59.5 cm³/mol. The van der Waals surface area contributed by atoms with Crippen LogP contribution in [0.4, 0.5) is 0 Å². The van der Waals surface area contributed by atoms with Crippen LogP contribution in [0.15, 0.2) is 12.1 Å². The van der Waals surface area contributed by atoms with E-state index >= 15 is 0 Å². The van der Waals surface area contributed by atoms with Crippen molar-refractivity contribution in [2.24, 2.45) is 0 Å². The summed E-state index contributed by atoms with van der Waals surface area (Å²) in [4.78, 5) is 15.1. The maximum absolute atomic E-state index is 10.7. The van der Waals surface area contributed by atoms with Gasteiger partial charge in [0, 0.05) is 12.0 Å². The van der Waals surface area contributed by atoms with Crippen molar-refractivity contribution in [3.05, 3.63) is 22.7 Å². The first-order valence-corrected chi connectivity index (χ1v) is 5.58. The van der Waals surface area contributed by atoms with E-state index in [9.17, 15) is 9.90 Å². The van der Waals surface area contributed by atoms with Crippen LogP contribution in [0.5, 0.6) is 5.75 Å². The highest BCUT2D eigenvalue weighted by Gasteiger charge is 2.17. The topological polar surface area (TPSA) is 51.4 Å². The van der Waals surface area contributed by atoms with E-state index in [0.29, 0.717) is 22.5 Å². The number of thiophene rings is 1. The molecular weight excluding hydrogens is 210 g/mol. The fraction of sp³-hybridized carbons (Fsp3) is 0.273. The third-order valence-corrected chi connectivity index (χ3v) is 3.40. The molecule has 4 heteroatoms. The van der Waals surface area contributed by atoms with Gasteiger partial charge in [-0.1, -0.05) is 25.2 Å². The van der Waals surface area contributed by atoms with E-state index in [4.69, 9.17) is 0 Å². The van der Waals surface area contributed by atoms with Gasteiger partial charge in [0.05, 0.1) is 0 Å². The fourth-order valence-electron chi connectivity index (χ4n) is 1.46. The predicted octanol–water partition coefficient (Wildman–Crippen LogP) is 2.36. The Morgan fingerprint density at radius 1 is 1.47 bits per heavy atom. The second-order valence-electron chi connectivity index (χ2n) is 3.74. The molecule has 3 nitrogen and oxygen atoms in total. The molecule has 0 bridgehead atoms. The first kappa shape index (κ1) is 10.1. The van der Waals surface area contributed by atoms with Crippen LogP contribution in [0, 0.1) is 0 Å². The van der Waals surface area contributed by atoms with Gasteiger partial charge in [-0.25, -0.2) is 0 Å². The highest BCUT2D eigenvalue weighted by molar-refractivity contribution is 7.20. The van der Waals surface area contributed by atoms with Crippen molar-refractivity contribution in [2.75, 3.05) is 0 Å². The Morgan fingerprint density at radius 3 is 2.80 bits per heavy atom. The summed E-state index contributed by atoms with van der Waals surface area (Å²) in [6.07, 6.45) is 0.683. The summed E-state index contributed by atoms with van der Waals surface area (Å²) in [7, 11) is 0. The third-order valence-electron chi connectivity index (χ3n) is 2.36. The number of fused-ring (bicyclic) bond motifs is 1. The minimum absolute atomic E-state index is 0.0801. The number of aromatic amines is 1. The molecule has 0 saturated heterocycles. The molecule has 0 aliphatic rings. The highest BCUT2D eigenvalue weighted by atomic mass is 32.1. The molecule has 0 spiro atoms. The van der Waals surface area contributed by atoms with Crippen molar-refractivity contribution in [2.45, 2.75) is 19.8 Å². The van der Waals surface area contributed by atoms with Crippen molar-refractivity contribution in [1.82, 2.24) is 0 Å². The molecule has 2 aromatic rings. The molecule has 0 aliphatic heterocycles. The van der Waals surface area contributed by atoms with Crippen molar-refractivity contribution >= 4 is 27.8 Å². The van der Waals surface area contributed by atoms with Crippen LogP contribution in [0.1, 0.15) is 35.1 Å². The number of nitrogens with one attached hydrogen (secondary N) is 1. The Hall–Kier alpha value is -1.42. The summed E-state index contributed by atoms with van der Waals surface area (Å²) in [6.45, 7) is 4.18. The third kappa shape index (κ3) is 1.61. The molecule has 0 aliphatic carbocycles. The summed E-state index contributed by atoms with van der Waals surface area (Å²) in [5, 5.41) is 10.4. The SMILES string of the molecule is CC(C)c1ccc2c(O)c(C=O)sc2[nH+]1. The number of aldehydes is 1. The zero-order valence-corrected chi connectivity index (χ0v) is 9.39. The van der Waals surface area contributed by atoms with E-state index in [-0.39, 0.29) is 5.75 Å². The van der Waals surface area contributed by atoms with Crippen LogP contribution in [-0.2, 0) is 0 Å². The lowest BCUT2D eigenvalue weighted by atomic mass is 10.1. The van der Waals surface area contributed by atoms with Gasteiger partial charge in [0.25, 0.3) is 4.83 Å². The standard InChI is InChI=1S/C11H11NO2S/c1-6(2)8-4-3-7-10(14)9(5-13)15-11(7)12-8/h3-6,14H,1-2H3/p+1. The lowest BCUT2D eigenvalue weighted by Gasteiger charge is -1.96. The zero-order valence-electron chi connectivity index (χ0n) is 8.57. The van der Waals surface area contributed by atoms with E-state index in [2.05, 4.69) is 18.8 Å². The van der Waals surface area contributed by atoms with Crippen LogP contribution in [-0.4, -0.2) is 11.4 Å². The van der Waals surface area contributed by atoms with Crippen molar-refractivity contribution in [3.8, 4) is 5.75 Å². The van der Waals surface area contributed by atoms with Crippen molar-refractivity contribution in [1.29, 1.82) is 0 Å². The van der Waals surface area contributed by atoms with Gasteiger partial charge in [0.1, 0.15) is 10.3 Å². The van der Waals surface area contributed by atoms with Crippen LogP contribution in [0.3, 0.4) is 0 Å². The summed E-state index contributed by atoms with van der Waals surface area (Å²) in [6, 6.07) is 3.79. The van der Waals surface area contributed by atoms with E-state index in [1.807, 2.05) is 12.1 Å². The first-order chi connectivity index (χ1) is 7.13. The molecule has 15 heavy (non-hydrogen) atoms. The number of pyridine rings is 1. The fourth-order valence-corrected chi connectivity index (χ4v) is 2.38. The number of carbonyl (C=O) groups excluding carboxylic acids is 1. The summed E-state index contributed by atoms with van der Waals surface area (Å²) < 4.78 is 0. The number of rotatable bonds is 2. The minimum Gasteiger partial charge on any atom is -0.505 e. The Labute approximate surface area is 91.4 Å². The number of carbonyl (C=O) groups is 1. The molecule has 0 amide bonds. The van der Waals surface area contributed by atoms with E-state index in [1.165, 1.54) is 11.3 Å². The van der Waals surface area contributed by atoms with Crippen molar-refractivity contribution in [3.63, 3.8) is 0 Å². The van der Waals surface area contributed by atoms with E-state index < -0.39 is 0 Å². The lowest BCUT2D eigenvalue weighted by molar-refractivity contribution is -0.357. The van der Waals surface area contributed by atoms with Gasteiger partial charge in [-0.2, -0.15) is 4.98 Å². The van der Waals surface area contributed by atoms with Crippen LogP contribution >= 0.6 is 11.3 Å². The normalized spacial score (nSPS) is 11.1. The molecule has 78 valence electrons. The van der Waals surface area contributed by atoms with Crippen LogP contribution in [0.25, 0.3) is 10.2 Å². The number of hydrogen-bond acceptors (Lipinski definition) is 3. The summed E-state index contributed by atoms with van der Waals surface area (Å²) in [5.74, 6) is 0.481. The largest absolute Gasteiger partial charge is 0.505 e. The van der Waals surface area contributed by atoms with Crippen LogP contribution in [0.2, 0.25) is 0 Å². The number of hydrogen-bond donors (Lipinski definition) is 1. The smallest absolute Gasteiger partial charge is 0.271 e. The second kappa shape index (κ2) is 3.62. The first-order valence-electron chi connectivity index (χ1n) is 4.76. The number of aromatic hydroxyl groups is 1. The van der Waals surface area contributed by atoms with Gasteiger partial charge >= 0.3 is 0 Å². The van der Waals surface area contributed by atoms with Crippen LogP contribution < -0.4 is 4.98 Å². The second-order valence-corrected chi connectivity index (χ2v) is 4.80. The Bertz CT molecular complexity index is 517. The lowest BCUT2D eigenvalue weighted by Crippen LogP contribution is -2.11. The minimum atomic E-state index is 0.0801. The van der Waals surface area contributed by atoms with Gasteiger partial charge in [0.2, 0.25) is 0 Å². The molecule has 2 rings (SSSR count). The number of aromatic nitrogens is 1. The van der Waals surface area contributed by atoms with Crippen molar-refractivity contribution < 1.29 is 14.9 Å². The monoisotopic (exact) mass is 222 g/mol. The molecule has 2 heterocycles. The Morgan fingerprint density at radius 2 is 2.20 bits per heavy atom. The van der Waals surface area contributed by atoms with Gasteiger partial charge in [-0.05, 0) is 6.07 Å². The maximum atomic E-state index is 10.7. The van der Waals surface area contributed by atoms with Gasteiger partial charge in [-0.15, -0.1) is 0 Å². The zero-order chi connectivity index (χ0) is 11.0. The average molecular weight is 222 g/mol. The summed E-state index contributed by atoms with van der Waals surface area (Å²) >= 11 is 1.28. The molecule has 2 N–H and O–H groups in total. The Kier molecular flexibility index (Phi) is 2.44. The molecule has 2 aromatic heterocycles. The molecule has 0 unspecified atom stereocenters. The van der Waals surface area contributed by atoms with Gasteiger partial charge in [-0.3, -0.25) is 4.79 Å². The highest BCUT2D eigenvalue weighted by Crippen LogP contribution is 2.33. The molecule has 0 aromatic carbocycles. The Balaban J connectivity index is 2.68. The quantitative estimate of drug-likeness (QED) is 0.793. The molecule has 0 saturated carbocycles. The number of H-pyrrole nitrogens is 1. The van der Waals surface area contributed by atoms with Gasteiger partial charge < -0.3 is 5.11 Å². The summed E-state index contributed by atoms with van der Waals surface area (Å²) in [5.41, 5.74) is 1.10. The molecular formula is C11H12NO2S+. The maximum Gasteiger partial charge on any atom is 0.271 e. The molecule has 0 radical (unpaired) electrons. The molecule has 0 atom stereocenters. The van der Waals surface area contributed by atoms with E-state index in [0.717, 1.165) is 10.5 Å².